The molecule has 0 radical (unpaired) electrons. The maximum absolute atomic E-state index is 13.9. The predicted octanol–water partition coefficient (Wildman–Crippen LogP) is 4.11. The highest BCUT2D eigenvalue weighted by molar-refractivity contribution is 5.52. The fourth-order valence-corrected chi connectivity index (χ4v) is 4.04. The molecule has 4 atom stereocenters. The molecule has 21 heavy (non-hydrogen) atoms. The van der Waals surface area contributed by atoms with Gasteiger partial charge in [-0.2, -0.15) is 0 Å². The van der Waals surface area contributed by atoms with E-state index in [1.54, 1.807) is 0 Å². The van der Waals surface area contributed by atoms with Gasteiger partial charge in [0.05, 0.1) is 17.1 Å². The Hall–Kier alpha value is -1.72. The van der Waals surface area contributed by atoms with E-state index in [2.05, 4.69) is 5.32 Å². The van der Waals surface area contributed by atoms with Crippen molar-refractivity contribution in [3.63, 3.8) is 0 Å². The average Bonchev–Trinajstić information content (AvgIpc) is 3.04. The van der Waals surface area contributed by atoms with E-state index in [-0.39, 0.29) is 11.7 Å². The molecule has 114 valence electrons. The number of anilines is 1. The zero-order valence-corrected chi connectivity index (χ0v) is 11.8. The van der Waals surface area contributed by atoms with Crippen molar-refractivity contribution >= 4 is 11.4 Å². The van der Waals surface area contributed by atoms with E-state index in [1.807, 2.05) is 6.92 Å². The van der Waals surface area contributed by atoms with Crippen LogP contribution in [0.1, 0.15) is 32.6 Å². The SMILES string of the molecule is CC(Nc1c(F)cc([N+](=O)[O-])cc1F)C1CC2CCC1C2. The van der Waals surface area contributed by atoms with Crippen molar-refractivity contribution in [1.29, 1.82) is 0 Å². The van der Waals surface area contributed by atoms with E-state index in [4.69, 9.17) is 0 Å². The van der Waals surface area contributed by atoms with Gasteiger partial charge in [-0.3, -0.25) is 10.1 Å². The van der Waals surface area contributed by atoms with Gasteiger partial charge in [-0.05, 0) is 43.9 Å². The lowest BCUT2D eigenvalue weighted by Gasteiger charge is -2.29. The summed E-state index contributed by atoms with van der Waals surface area (Å²) in [6.07, 6.45) is 4.80. The lowest BCUT2D eigenvalue weighted by atomic mass is 9.84. The molecule has 4 nitrogen and oxygen atoms in total. The van der Waals surface area contributed by atoms with Crippen LogP contribution in [0.25, 0.3) is 0 Å². The highest BCUT2D eigenvalue weighted by atomic mass is 19.1. The summed E-state index contributed by atoms with van der Waals surface area (Å²) in [6.45, 7) is 1.94. The highest BCUT2D eigenvalue weighted by Gasteiger charge is 2.42. The Morgan fingerprint density at radius 1 is 1.29 bits per heavy atom. The van der Waals surface area contributed by atoms with Crippen molar-refractivity contribution in [2.45, 2.75) is 38.6 Å². The van der Waals surface area contributed by atoms with Gasteiger partial charge in [0.2, 0.25) is 0 Å². The Labute approximate surface area is 121 Å². The van der Waals surface area contributed by atoms with Crippen LogP contribution in [0.5, 0.6) is 0 Å². The van der Waals surface area contributed by atoms with Crippen LogP contribution in [-0.2, 0) is 0 Å². The van der Waals surface area contributed by atoms with E-state index in [1.165, 1.54) is 19.3 Å². The van der Waals surface area contributed by atoms with Crippen molar-refractivity contribution in [2.75, 3.05) is 5.32 Å². The Bertz CT molecular complexity index is 556. The number of hydrogen-bond acceptors (Lipinski definition) is 3. The first kappa shape index (κ1) is 14.2. The average molecular weight is 296 g/mol. The van der Waals surface area contributed by atoms with Crippen molar-refractivity contribution in [3.8, 4) is 0 Å². The fraction of sp³-hybridized carbons (Fsp3) is 0.600. The van der Waals surface area contributed by atoms with Gasteiger partial charge in [0, 0.05) is 6.04 Å². The van der Waals surface area contributed by atoms with Gasteiger partial charge < -0.3 is 5.32 Å². The molecule has 2 saturated carbocycles. The van der Waals surface area contributed by atoms with Crippen LogP contribution >= 0.6 is 0 Å². The molecule has 0 aromatic heterocycles. The first-order chi connectivity index (χ1) is 9.95. The van der Waals surface area contributed by atoms with Crippen LogP contribution in [0.4, 0.5) is 20.2 Å². The second kappa shape index (κ2) is 5.24. The second-order valence-corrected chi connectivity index (χ2v) is 6.31. The number of halogens is 2. The Morgan fingerprint density at radius 2 is 1.95 bits per heavy atom. The van der Waals surface area contributed by atoms with E-state index < -0.39 is 22.2 Å². The third-order valence-corrected chi connectivity index (χ3v) is 5.04. The standard InChI is InChI=1S/C15H18F2N2O2/c1-8(12-5-9-2-3-10(12)4-9)18-15-13(16)6-11(19(20)21)7-14(15)17/h6-10,12,18H,2-5H2,1H3. The van der Waals surface area contributed by atoms with Gasteiger partial charge in [0.1, 0.15) is 5.69 Å². The summed E-state index contributed by atoms with van der Waals surface area (Å²) in [4.78, 5) is 9.79. The number of non-ortho nitro benzene ring substituents is 1. The molecule has 6 heteroatoms. The molecule has 0 saturated heterocycles. The summed E-state index contributed by atoms with van der Waals surface area (Å²) in [5.74, 6) is 0.0173. The van der Waals surface area contributed by atoms with E-state index in [9.17, 15) is 18.9 Å². The Balaban J connectivity index is 1.77. The molecule has 2 bridgehead atoms. The van der Waals surface area contributed by atoms with Crippen molar-refractivity contribution in [3.05, 3.63) is 33.9 Å². The molecule has 1 N–H and O–H groups in total. The summed E-state index contributed by atoms with van der Waals surface area (Å²) in [5, 5.41) is 13.5. The quantitative estimate of drug-likeness (QED) is 0.672. The minimum absolute atomic E-state index is 0.0363. The number of nitrogens with zero attached hydrogens (tertiary/aromatic N) is 1. The molecule has 3 rings (SSSR count). The molecule has 2 aliphatic rings. The van der Waals surface area contributed by atoms with Crippen LogP contribution in [0.3, 0.4) is 0 Å². The summed E-state index contributed by atoms with van der Waals surface area (Å²) >= 11 is 0. The first-order valence-electron chi connectivity index (χ1n) is 7.35. The third-order valence-electron chi connectivity index (χ3n) is 5.04. The maximum atomic E-state index is 13.9. The molecule has 0 amide bonds. The van der Waals surface area contributed by atoms with E-state index in [0.29, 0.717) is 11.8 Å². The number of nitro groups is 1. The lowest BCUT2D eigenvalue weighted by Crippen LogP contribution is -2.30. The van der Waals surface area contributed by atoms with Gasteiger partial charge in [-0.15, -0.1) is 0 Å². The van der Waals surface area contributed by atoms with Crippen molar-refractivity contribution in [2.24, 2.45) is 17.8 Å². The number of nitrogens with one attached hydrogen (secondary N) is 1. The van der Waals surface area contributed by atoms with Gasteiger partial charge in [0.15, 0.2) is 11.6 Å². The van der Waals surface area contributed by atoms with Crippen LogP contribution in [0.15, 0.2) is 12.1 Å². The van der Waals surface area contributed by atoms with Crippen molar-refractivity contribution in [1.82, 2.24) is 0 Å². The monoisotopic (exact) mass is 296 g/mol. The van der Waals surface area contributed by atoms with Gasteiger partial charge in [-0.1, -0.05) is 6.42 Å². The van der Waals surface area contributed by atoms with Gasteiger partial charge in [0.25, 0.3) is 5.69 Å². The second-order valence-electron chi connectivity index (χ2n) is 6.31. The zero-order valence-electron chi connectivity index (χ0n) is 11.8. The molecule has 2 aliphatic carbocycles. The molecule has 0 heterocycles. The number of nitro benzene ring substituents is 1. The highest BCUT2D eigenvalue weighted by Crippen LogP contribution is 2.50. The minimum Gasteiger partial charge on any atom is -0.378 e. The smallest absolute Gasteiger partial charge is 0.275 e. The van der Waals surface area contributed by atoms with Crippen LogP contribution < -0.4 is 5.32 Å². The van der Waals surface area contributed by atoms with Crippen LogP contribution in [0.2, 0.25) is 0 Å². The molecule has 1 aromatic carbocycles. The summed E-state index contributed by atoms with van der Waals surface area (Å²) in [5.41, 5.74) is -0.820. The van der Waals surface area contributed by atoms with Crippen LogP contribution in [0, 0.1) is 39.5 Å². The van der Waals surface area contributed by atoms with Crippen LogP contribution in [-0.4, -0.2) is 11.0 Å². The lowest BCUT2D eigenvalue weighted by molar-refractivity contribution is -0.385. The fourth-order valence-electron chi connectivity index (χ4n) is 4.04. The Morgan fingerprint density at radius 3 is 2.43 bits per heavy atom. The number of hydrogen-bond donors (Lipinski definition) is 1. The summed E-state index contributed by atoms with van der Waals surface area (Å²) < 4.78 is 27.8. The topological polar surface area (TPSA) is 55.2 Å². The van der Waals surface area contributed by atoms with E-state index in [0.717, 1.165) is 24.5 Å². The Kier molecular flexibility index (Phi) is 3.55. The summed E-state index contributed by atoms with van der Waals surface area (Å²) in [6, 6.07) is 1.49. The molecule has 0 spiro atoms. The normalized spacial score (nSPS) is 28.6. The number of rotatable bonds is 4. The van der Waals surface area contributed by atoms with Crippen molar-refractivity contribution < 1.29 is 13.7 Å². The minimum atomic E-state index is -0.906. The van der Waals surface area contributed by atoms with Gasteiger partial charge in [-0.25, -0.2) is 8.78 Å². The van der Waals surface area contributed by atoms with E-state index >= 15 is 0 Å². The molecule has 0 aliphatic heterocycles. The summed E-state index contributed by atoms with van der Waals surface area (Å²) in [7, 11) is 0. The molecule has 1 aromatic rings. The third kappa shape index (κ3) is 2.59. The largest absolute Gasteiger partial charge is 0.378 e. The maximum Gasteiger partial charge on any atom is 0.275 e. The first-order valence-corrected chi connectivity index (χ1v) is 7.35. The molecule has 2 fully saturated rings. The molecular weight excluding hydrogens is 278 g/mol. The predicted molar refractivity (Wildman–Crippen MR) is 75.0 cm³/mol. The molecule has 4 unspecified atom stereocenters. The number of benzene rings is 1. The van der Waals surface area contributed by atoms with Gasteiger partial charge >= 0.3 is 0 Å². The molecular formula is C15H18F2N2O2. The zero-order chi connectivity index (χ0) is 15.1. The number of fused-ring (bicyclic) bond motifs is 2.